The third kappa shape index (κ3) is 2.02. The Hall–Kier alpha value is -0.960. The second-order valence-corrected chi connectivity index (χ2v) is 5.50. The van der Waals surface area contributed by atoms with Gasteiger partial charge >= 0.3 is 0 Å². The van der Waals surface area contributed by atoms with E-state index < -0.39 is 5.60 Å². The van der Waals surface area contributed by atoms with Crippen LogP contribution in [0.5, 0.6) is 0 Å². The molecule has 0 aliphatic heterocycles. The number of aliphatic hydroxyl groups is 1. The summed E-state index contributed by atoms with van der Waals surface area (Å²) in [6.45, 7) is 8.21. The second kappa shape index (κ2) is 3.01. The summed E-state index contributed by atoms with van der Waals surface area (Å²) in [5.41, 5.74) is 1.00. The molecule has 0 atom stereocenters. The molecule has 1 aliphatic carbocycles. The molecule has 1 N–H and O–H groups in total. The van der Waals surface area contributed by atoms with Crippen molar-refractivity contribution >= 4 is 0 Å². The third-order valence-electron chi connectivity index (χ3n) is 2.73. The molecule has 1 heterocycles. The van der Waals surface area contributed by atoms with Gasteiger partial charge in [0, 0.05) is 11.1 Å². The predicted molar refractivity (Wildman–Crippen MR) is 58.6 cm³/mol. The van der Waals surface area contributed by atoms with Crippen molar-refractivity contribution in [3.8, 4) is 0 Å². The molecule has 2 rings (SSSR count). The summed E-state index contributed by atoms with van der Waals surface area (Å²) in [6, 6.07) is 1.89. The lowest BCUT2D eigenvalue weighted by Gasteiger charge is -2.19. The summed E-state index contributed by atoms with van der Waals surface area (Å²) in [6.07, 6.45) is 1.65. The van der Waals surface area contributed by atoms with Gasteiger partial charge in [-0.1, -0.05) is 20.8 Å². The van der Waals surface area contributed by atoms with E-state index in [9.17, 15) is 5.11 Å². The van der Waals surface area contributed by atoms with Crippen LogP contribution in [0, 0.1) is 6.92 Å². The molecular formula is C12H18N2O. The third-order valence-corrected chi connectivity index (χ3v) is 2.73. The van der Waals surface area contributed by atoms with Crippen molar-refractivity contribution in [2.75, 3.05) is 0 Å². The number of rotatable bonds is 1. The first kappa shape index (κ1) is 10.6. The summed E-state index contributed by atoms with van der Waals surface area (Å²) in [5, 5.41) is 10.0. The molecule has 1 saturated carbocycles. The molecule has 1 fully saturated rings. The Morgan fingerprint density at radius 1 is 1.27 bits per heavy atom. The van der Waals surface area contributed by atoms with E-state index in [0.29, 0.717) is 0 Å². The number of hydrogen-bond acceptors (Lipinski definition) is 3. The zero-order chi connectivity index (χ0) is 11.3. The lowest BCUT2D eigenvalue weighted by atomic mass is 9.95. The van der Waals surface area contributed by atoms with Crippen LogP contribution in [0.25, 0.3) is 0 Å². The Balaban J connectivity index is 2.46. The standard InChI is InChI=1S/C12H18N2O/c1-8-7-9(12(15)5-6-12)14-10(13-8)11(2,3)4/h7,15H,5-6H2,1-4H3. The Labute approximate surface area is 90.6 Å². The maximum absolute atomic E-state index is 10.0. The topological polar surface area (TPSA) is 46.0 Å². The van der Waals surface area contributed by atoms with Gasteiger partial charge in [0.15, 0.2) is 0 Å². The minimum atomic E-state index is -0.659. The average Bonchev–Trinajstić information content (AvgIpc) is 2.82. The quantitative estimate of drug-likeness (QED) is 0.765. The van der Waals surface area contributed by atoms with E-state index in [0.717, 1.165) is 30.1 Å². The molecule has 0 bridgehead atoms. The minimum Gasteiger partial charge on any atom is -0.384 e. The highest BCUT2D eigenvalue weighted by molar-refractivity contribution is 5.23. The fourth-order valence-corrected chi connectivity index (χ4v) is 1.52. The minimum absolute atomic E-state index is 0.0635. The maximum atomic E-state index is 10.0. The van der Waals surface area contributed by atoms with Crippen LogP contribution in [0.3, 0.4) is 0 Å². The lowest BCUT2D eigenvalue weighted by Crippen LogP contribution is -2.20. The zero-order valence-electron chi connectivity index (χ0n) is 9.83. The van der Waals surface area contributed by atoms with E-state index in [-0.39, 0.29) is 5.41 Å². The van der Waals surface area contributed by atoms with Gasteiger partial charge in [0.25, 0.3) is 0 Å². The highest BCUT2D eigenvalue weighted by Gasteiger charge is 2.44. The molecule has 1 aromatic rings. The number of hydrogen-bond donors (Lipinski definition) is 1. The monoisotopic (exact) mass is 206 g/mol. The first-order valence-corrected chi connectivity index (χ1v) is 5.40. The summed E-state index contributed by atoms with van der Waals surface area (Å²) in [7, 11) is 0. The molecule has 0 radical (unpaired) electrons. The van der Waals surface area contributed by atoms with Crippen LogP contribution < -0.4 is 0 Å². The van der Waals surface area contributed by atoms with Gasteiger partial charge in [-0.2, -0.15) is 0 Å². The number of aromatic nitrogens is 2. The van der Waals surface area contributed by atoms with Gasteiger partial charge in [0.05, 0.1) is 5.69 Å². The maximum Gasteiger partial charge on any atom is 0.134 e. The van der Waals surface area contributed by atoms with Gasteiger partial charge in [0.1, 0.15) is 11.4 Å². The molecule has 15 heavy (non-hydrogen) atoms. The van der Waals surface area contributed by atoms with Crippen LogP contribution in [-0.2, 0) is 11.0 Å². The van der Waals surface area contributed by atoms with Gasteiger partial charge in [0.2, 0.25) is 0 Å². The van der Waals surface area contributed by atoms with Gasteiger partial charge in [-0.15, -0.1) is 0 Å². The summed E-state index contributed by atoms with van der Waals surface area (Å²) in [5.74, 6) is 0.817. The normalized spacial score (nSPS) is 19.0. The van der Waals surface area contributed by atoms with E-state index in [4.69, 9.17) is 0 Å². The molecule has 3 nitrogen and oxygen atoms in total. The number of nitrogens with zero attached hydrogens (tertiary/aromatic N) is 2. The van der Waals surface area contributed by atoms with Crippen LogP contribution >= 0.6 is 0 Å². The highest BCUT2D eigenvalue weighted by atomic mass is 16.3. The smallest absolute Gasteiger partial charge is 0.134 e. The van der Waals surface area contributed by atoms with E-state index in [1.165, 1.54) is 0 Å². The van der Waals surface area contributed by atoms with Gasteiger partial charge < -0.3 is 5.11 Å². The second-order valence-electron chi connectivity index (χ2n) is 5.50. The average molecular weight is 206 g/mol. The molecule has 0 spiro atoms. The van der Waals surface area contributed by atoms with Gasteiger partial charge in [-0.05, 0) is 25.8 Å². The molecule has 0 unspecified atom stereocenters. The largest absolute Gasteiger partial charge is 0.384 e. The molecule has 82 valence electrons. The van der Waals surface area contributed by atoms with Crippen molar-refractivity contribution in [1.29, 1.82) is 0 Å². The molecule has 0 aromatic carbocycles. The molecule has 0 saturated heterocycles. The fraction of sp³-hybridized carbons (Fsp3) is 0.667. The first-order chi connectivity index (χ1) is 6.81. The van der Waals surface area contributed by atoms with E-state index in [1.807, 2.05) is 13.0 Å². The Morgan fingerprint density at radius 2 is 1.87 bits per heavy atom. The van der Waals surface area contributed by atoms with Crippen molar-refractivity contribution in [1.82, 2.24) is 9.97 Å². The Morgan fingerprint density at radius 3 is 2.33 bits per heavy atom. The van der Waals surface area contributed by atoms with Crippen LogP contribution in [0.2, 0.25) is 0 Å². The van der Waals surface area contributed by atoms with Gasteiger partial charge in [-0.25, -0.2) is 9.97 Å². The molecule has 0 amide bonds. The van der Waals surface area contributed by atoms with Crippen LogP contribution in [0.1, 0.15) is 50.8 Å². The van der Waals surface area contributed by atoms with Crippen LogP contribution in [0.4, 0.5) is 0 Å². The van der Waals surface area contributed by atoms with Crippen molar-refractivity contribution in [3.63, 3.8) is 0 Å². The molecule has 1 aliphatic rings. The van der Waals surface area contributed by atoms with Crippen LogP contribution in [-0.4, -0.2) is 15.1 Å². The highest BCUT2D eigenvalue weighted by Crippen LogP contribution is 2.44. The van der Waals surface area contributed by atoms with Crippen molar-refractivity contribution < 1.29 is 5.11 Å². The Bertz CT molecular complexity index is 366. The van der Waals surface area contributed by atoms with Gasteiger partial charge in [-0.3, -0.25) is 0 Å². The van der Waals surface area contributed by atoms with Crippen LogP contribution in [0.15, 0.2) is 6.07 Å². The zero-order valence-corrected chi connectivity index (χ0v) is 9.83. The first-order valence-electron chi connectivity index (χ1n) is 5.40. The van der Waals surface area contributed by atoms with E-state index in [1.54, 1.807) is 0 Å². The number of aryl methyl sites for hydroxylation is 1. The van der Waals surface area contributed by atoms with Crippen molar-refractivity contribution in [3.05, 3.63) is 23.3 Å². The van der Waals surface area contributed by atoms with E-state index in [2.05, 4.69) is 30.7 Å². The molecule has 1 aromatic heterocycles. The summed E-state index contributed by atoms with van der Waals surface area (Å²) in [4.78, 5) is 8.90. The predicted octanol–water partition coefficient (Wildman–Crippen LogP) is 2.06. The SMILES string of the molecule is Cc1cc(C2(O)CC2)nc(C(C)(C)C)n1. The summed E-state index contributed by atoms with van der Waals surface area (Å²) >= 11 is 0. The lowest BCUT2D eigenvalue weighted by molar-refractivity contribution is 0.145. The van der Waals surface area contributed by atoms with E-state index >= 15 is 0 Å². The molecule has 3 heteroatoms. The van der Waals surface area contributed by atoms with Crippen molar-refractivity contribution in [2.45, 2.75) is 51.6 Å². The Kier molecular flexibility index (Phi) is 2.12. The van der Waals surface area contributed by atoms with Crippen molar-refractivity contribution in [2.24, 2.45) is 0 Å². The fourth-order valence-electron chi connectivity index (χ4n) is 1.52. The summed E-state index contributed by atoms with van der Waals surface area (Å²) < 4.78 is 0. The molecular weight excluding hydrogens is 188 g/mol.